The highest BCUT2D eigenvalue weighted by Crippen LogP contribution is 2.37. The van der Waals surface area contributed by atoms with Gasteiger partial charge in [0.2, 0.25) is 0 Å². The number of aromatic nitrogens is 3. The molecule has 6 nitrogen and oxygen atoms in total. The zero-order valence-corrected chi connectivity index (χ0v) is 13.3. The highest BCUT2D eigenvalue weighted by atomic mass is 16.7. The van der Waals surface area contributed by atoms with Crippen molar-refractivity contribution in [1.29, 1.82) is 0 Å². The van der Waals surface area contributed by atoms with E-state index in [4.69, 9.17) is 9.47 Å². The second-order valence-electron chi connectivity index (χ2n) is 6.47. The Bertz CT molecular complexity index is 458. The third-order valence-corrected chi connectivity index (χ3v) is 4.68. The van der Waals surface area contributed by atoms with E-state index in [-0.39, 0.29) is 5.79 Å². The molecule has 1 aliphatic carbocycles. The number of ether oxygens (including phenoxy) is 2. The molecule has 0 bridgehead atoms. The molecule has 0 atom stereocenters. The van der Waals surface area contributed by atoms with Gasteiger partial charge in [0.1, 0.15) is 12.2 Å². The molecule has 0 aromatic carbocycles. The molecular weight excluding hydrogens is 268 g/mol. The van der Waals surface area contributed by atoms with Crippen molar-refractivity contribution in [3.8, 4) is 0 Å². The van der Waals surface area contributed by atoms with Crippen LogP contribution in [0.25, 0.3) is 0 Å². The lowest BCUT2D eigenvalue weighted by molar-refractivity contribution is -0.183. The summed E-state index contributed by atoms with van der Waals surface area (Å²) in [5.41, 5.74) is 0. The lowest BCUT2D eigenvalue weighted by Crippen LogP contribution is -2.42. The van der Waals surface area contributed by atoms with E-state index in [0.29, 0.717) is 12.1 Å². The van der Waals surface area contributed by atoms with Crippen molar-refractivity contribution in [3.63, 3.8) is 0 Å². The molecule has 1 saturated carbocycles. The first-order valence-corrected chi connectivity index (χ1v) is 7.96. The van der Waals surface area contributed by atoms with Crippen LogP contribution >= 0.6 is 0 Å². The highest BCUT2D eigenvalue weighted by molar-refractivity contribution is 4.90. The summed E-state index contributed by atoms with van der Waals surface area (Å²) < 4.78 is 13.6. The van der Waals surface area contributed by atoms with Gasteiger partial charge in [0.25, 0.3) is 0 Å². The van der Waals surface area contributed by atoms with Gasteiger partial charge >= 0.3 is 0 Å². The van der Waals surface area contributed by atoms with Crippen LogP contribution in [-0.2, 0) is 16.0 Å². The van der Waals surface area contributed by atoms with Gasteiger partial charge in [-0.1, -0.05) is 0 Å². The molecule has 0 N–H and O–H groups in total. The minimum atomic E-state index is -0.269. The van der Waals surface area contributed by atoms with Crippen LogP contribution in [0.1, 0.15) is 51.4 Å². The maximum absolute atomic E-state index is 5.80. The summed E-state index contributed by atoms with van der Waals surface area (Å²) in [6, 6.07) is 0.923. The van der Waals surface area contributed by atoms with E-state index in [2.05, 4.69) is 35.9 Å². The molecule has 1 aliphatic heterocycles. The Morgan fingerprint density at radius 3 is 2.62 bits per heavy atom. The third kappa shape index (κ3) is 3.12. The lowest BCUT2D eigenvalue weighted by Gasteiger charge is -2.38. The fourth-order valence-electron chi connectivity index (χ4n) is 3.44. The Labute approximate surface area is 126 Å². The second kappa shape index (κ2) is 6.02. The molecule has 2 aliphatic rings. The average Bonchev–Trinajstić information content (AvgIpc) is 3.09. The van der Waals surface area contributed by atoms with Crippen molar-refractivity contribution in [3.05, 3.63) is 12.2 Å². The normalized spacial score (nSPS) is 22.7. The van der Waals surface area contributed by atoms with Gasteiger partial charge in [-0.3, -0.25) is 4.90 Å². The smallest absolute Gasteiger partial charge is 0.168 e. The molecule has 0 amide bonds. The standard InChI is InChI=1S/C15H26N4O2/c1-12(2)19-14(16-11-17-19)10-18(3)13-4-6-15(7-5-13)20-8-9-21-15/h11-13H,4-10H2,1-3H3. The molecule has 2 fully saturated rings. The first kappa shape index (κ1) is 14.9. The van der Waals surface area contributed by atoms with E-state index in [1.807, 2.05) is 4.68 Å². The van der Waals surface area contributed by atoms with Crippen LogP contribution in [0, 0.1) is 0 Å². The predicted octanol–water partition coefficient (Wildman–Crippen LogP) is 1.98. The minimum absolute atomic E-state index is 0.269. The van der Waals surface area contributed by atoms with Crippen molar-refractivity contribution < 1.29 is 9.47 Å². The number of rotatable bonds is 4. The van der Waals surface area contributed by atoms with Crippen molar-refractivity contribution in [2.24, 2.45) is 0 Å². The summed E-state index contributed by atoms with van der Waals surface area (Å²) in [7, 11) is 2.18. The molecule has 3 rings (SSSR count). The summed E-state index contributed by atoms with van der Waals surface area (Å²) in [6.07, 6.45) is 5.88. The number of nitrogens with zero attached hydrogens (tertiary/aromatic N) is 4. The fourth-order valence-corrected chi connectivity index (χ4v) is 3.44. The van der Waals surface area contributed by atoms with Crippen molar-refractivity contribution >= 4 is 0 Å². The zero-order chi connectivity index (χ0) is 14.9. The van der Waals surface area contributed by atoms with Crippen LogP contribution in [0.4, 0.5) is 0 Å². The van der Waals surface area contributed by atoms with E-state index in [9.17, 15) is 0 Å². The Kier molecular flexibility index (Phi) is 4.28. The van der Waals surface area contributed by atoms with Crippen LogP contribution in [0.15, 0.2) is 6.33 Å². The Hall–Kier alpha value is -0.980. The maximum Gasteiger partial charge on any atom is 0.168 e. The number of hydrogen-bond donors (Lipinski definition) is 0. The van der Waals surface area contributed by atoms with Crippen molar-refractivity contribution in [2.75, 3.05) is 20.3 Å². The van der Waals surface area contributed by atoms with E-state index < -0.39 is 0 Å². The molecule has 2 heterocycles. The van der Waals surface area contributed by atoms with Gasteiger partial charge in [0.15, 0.2) is 5.79 Å². The SMILES string of the molecule is CC(C)n1ncnc1CN(C)C1CCC2(CC1)OCCO2. The van der Waals surface area contributed by atoms with Crippen LogP contribution in [0.5, 0.6) is 0 Å². The third-order valence-electron chi connectivity index (χ3n) is 4.68. The first-order chi connectivity index (χ1) is 10.1. The largest absolute Gasteiger partial charge is 0.348 e. The van der Waals surface area contributed by atoms with E-state index in [1.54, 1.807) is 6.33 Å². The van der Waals surface area contributed by atoms with Gasteiger partial charge in [-0.15, -0.1) is 0 Å². The Balaban J connectivity index is 1.56. The lowest BCUT2D eigenvalue weighted by atomic mass is 9.89. The summed E-state index contributed by atoms with van der Waals surface area (Å²) in [5, 5.41) is 4.31. The zero-order valence-electron chi connectivity index (χ0n) is 13.3. The van der Waals surface area contributed by atoms with Crippen LogP contribution < -0.4 is 0 Å². The second-order valence-corrected chi connectivity index (χ2v) is 6.47. The summed E-state index contributed by atoms with van der Waals surface area (Å²) in [4.78, 5) is 6.80. The molecule has 1 aromatic heterocycles. The van der Waals surface area contributed by atoms with Crippen molar-refractivity contribution in [1.82, 2.24) is 19.7 Å². The van der Waals surface area contributed by atoms with E-state index in [1.165, 1.54) is 0 Å². The number of hydrogen-bond acceptors (Lipinski definition) is 5. The molecule has 6 heteroatoms. The van der Waals surface area contributed by atoms with Crippen LogP contribution in [-0.4, -0.2) is 51.8 Å². The van der Waals surface area contributed by atoms with Gasteiger partial charge in [-0.05, 0) is 33.7 Å². The summed E-state index contributed by atoms with van der Waals surface area (Å²) in [5.74, 6) is 0.774. The molecular formula is C15H26N4O2. The van der Waals surface area contributed by atoms with Gasteiger partial charge in [-0.25, -0.2) is 9.67 Å². The van der Waals surface area contributed by atoms with Gasteiger partial charge in [0, 0.05) is 24.9 Å². The topological polar surface area (TPSA) is 52.4 Å². The average molecular weight is 294 g/mol. The van der Waals surface area contributed by atoms with Crippen LogP contribution in [0.2, 0.25) is 0 Å². The van der Waals surface area contributed by atoms with Gasteiger partial charge < -0.3 is 9.47 Å². The monoisotopic (exact) mass is 294 g/mol. The molecule has 1 aromatic rings. The molecule has 1 saturated heterocycles. The summed E-state index contributed by atoms with van der Waals surface area (Å²) >= 11 is 0. The van der Waals surface area contributed by atoms with Gasteiger partial charge in [0.05, 0.1) is 19.8 Å². The minimum Gasteiger partial charge on any atom is -0.348 e. The Morgan fingerprint density at radius 2 is 2.00 bits per heavy atom. The molecule has 0 radical (unpaired) electrons. The predicted molar refractivity (Wildman–Crippen MR) is 78.8 cm³/mol. The molecule has 1 spiro atoms. The van der Waals surface area contributed by atoms with E-state index >= 15 is 0 Å². The maximum atomic E-state index is 5.80. The summed E-state index contributed by atoms with van der Waals surface area (Å²) in [6.45, 7) is 6.61. The molecule has 118 valence electrons. The fraction of sp³-hybridized carbons (Fsp3) is 0.867. The molecule has 21 heavy (non-hydrogen) atoms. The first-order valence-electron chi connectivity index (χ1n) is 7.96. The van der Waals surface area contributed by atoms with Crippen molar-refractivity contribution in [2.45, 2.75) is 63.9 Å². The Morgan fingerprint density at radius 1 is 1.33 bits per heavy atom. The quantitative estimate of drug-likeness (QED) is 0.850. The van der Waals surface area contributed by atoms with E-state index in [0.717, 1.165) is 51.3 Å². The van der Waals surface area contributed by atoms with Crippen LogP contribution in [0.3, 0.4) is 0 Å². The van der Waals surface area contributed by atoms with Gasteiger partial charge in [-0.2, -0.15) is 5.10 Å². The molecule has 0 unspecified atom stereocenters. The highest BCUT2D eigenvalue weighted by Gasteiger charge is 2.41.